The lowest BCUT2D eigenvalue weighted by Gasteiger charge is -2.40. The van der Waals surface area contributed by atoms with Crippen LogP contribution < -0.4 is 0 Å². The molecule has 0 amide bonds. The van der Waals surface area contributed by atoms with Crippen LogP contribution in [-0.2, 0) is 18.9 Å². The summed E-state index contributed by atoms with van der Waals surface area (Å²) in [5.41, 5.74) is -2.75. The van der Waals surface area contributed by atoms with Crippen LogP contribution in [0.5, 0.6) is 0 Å². The zero-order valence-electron chi connectivity index (χ0n) is 17.6. The predicted octanol–water partition coefficient (Wildman–Crippen LogP) is -2.54. The summed E-state index contributed by atoms with van der Waals surface area (Å²) in [5, 5.41) is 69.7. The maximum Gasteiger partial charge on any atom is 0.186 e. The van der Waals surface area contributed by atoms with Crippen molar-refractivity contribution in [2.75, 3.05) is 26.4 Å². The number of aliphatic hydroxyl groups excluding tert-OH is 5. The van der Waals surface area contributed by atoms with Gasteiger partial charge in [-0.15, -0.1) is 0 Å². The molecule has 0 aliphatic carbocycles. The minimum absolute atomic E-state index is 0.0425. The first-order chi connectivity index (χ1) is 13.9. The third-order valence-corrected chi connectivity index (χ3v) is 5.91. The first-order valence-corrected chi connectivity index (χ1v) is 10.2. The molecule has 0 aromatic rings. The Morgan fingerprint density at radius 2 is 1.73 bits per heavy atom. The van der Waals surface area contributed by atoms with Gasteiger partial charge in [-0.2, -0.15) is 0 Å². The van der Waals surface area contributed by atoms with Crippen LogP contribution >= 0.6 is 0 Å². The summed E-state index contributed by atoms with van der Waals surface area (Å²) in [4.78, 5) is 0. The Kier molecular flexibility index (Phi) is 8.99. The number of ether oxygens (including phenoxy) is 4. The van der Waals surface area contributed by atoms with Gasteiger partial charge in [0.15, 0.2) is 12.6 Å². The van der Waals surface area contributed by atoms with Crippen molar-refractivity contribution in [2.45, 2.75) is 87.9 Å². The molecule has 2 fully saturated rings. The fraction of sp³-hybridized carbons (Fsp3) is 1.00. The van der Waals surface area contributed by atoms with Gasteiger partial charge in [-0.3, -0.25) is 0 Å². The van der Waals surface area contributed by atoms with E-state index in [-0.39, 0.29) is 25.7 Å². The Morgan fingerprint density at radius 3 is 2.27 bits per heavy atom. The molecule has 30 heavy (non-hydrogen) atoms. The maximum atomic E-state index is 10.2. The second-order valence-corrected chi connectivity index (χ2v) is 8.65. The summed E-state index contributed by atoms with van der Waals surface area (Å²) >= 11 is 0. The zero-order chi connectivity index (χ0) is 22.7. The van der Waals surface area contributed by atoms with Gasteiger partial charge in [-0.25, -0.2) is 0 Å². The Morgan fingerprint density at radius 1 is 1.07 bits per heavy atom. The molecule has 0 radical (unpaired) electrons. The number of hydrogen-bond donors (Lipinski definition) is 7. The van der Waals surface area contributed by atoms with Gasteiger partial charge in [-0.05, 0) is 26.2 Å². The van der Waals surface area contributed by atoms with E-state index in [1.54, 1.807) is 13.8 Å². The molecule has 2 heterocycles. The molecule has 0 saturated carbocycles. The van der Waals surface area contributed by atoms with E-state index in [2.05, 4.69) is 0 Å². The second-order valence-electron chi connectivity index (χ2n) is 8.65. The molecule has 1 unspecified atom stereocenters. The van der Waals surface area contributed by atoms with Crippen molar-refractivity contribution in [3.63, 3.8) is 0 Å². The largest absolute Gasteiger partial charge is 0.393 e. The van der Waals surface area contributed by atoms with E-state index in [1.807, 2.05) is 6.92 Å². The highest BCUT2D eigenvalue weighted by Crippen LogP contribution is 2.28. The molecular weight excluding hydrogens is 404 g/mol. The Balaban J connectivity index is 1.89. The molecule has 7 N–H and O–H groups in total. The van der Waals surface area contributed by atoms with E-state index >= 15 is 0 Å². The smallest absolute Gasteiger partial charge is 0.186 e. The average molecular weight is 440 g/mol. The van der Waals surface area contributed by atoms with Crippen molar-refractivity contribution in [2.24, 2.45) is 5.92 Å². The molecular formula is C19H36O11. The first kappa shape index (κ1) is 25.8. The van der Waals surface area contributed by atoms with E-state index in [1.165, 1.54) is 0 Å². The fourth-order valence-corrected chi connectivity index (χ4v) is 3.70. The topological polar surface area (TPSA) is 179 Å². The highest BCUT2D eigenvalue weighted by atomic mass is 16.7. The van der Waals surface area contributed by atoms with Crippen LogP contribution in [0.4, 0.5) is 0 Å². The third kappa shape index (κ3) is 5.87. The van der Waals surface area contributed by atoms with Gasteiger partial charge in [0, 0.05) is 0 Å². The molecule has 2 aliphatic heterocycles. The predicted molar refractivity (Wildman–Crippen MR) is 101 cm³/mol. The lowest BCUT2D eigenvalue weighted by Crippen LogP contribution is -2.59. The van der Waals surface area contributed by atoms with Crippen LogP contribution in [0.2, 0.25) is 0 Å². The van der Waals surface area contributed by atoms with Gasteiger partial charge in [-0.1, -0.05) is 13.3 Å². The van der Waals surface area contributed by atoms with E-state index in [9.17, 15) is 30.6 Å². The molecule has 2 saturated heterocycles. The summed E-state index contributed by atoms with van der Waals surface area (Å²) < 4.78 is 21.6. The molecule has 11 heteroatoms. The summed E-state index contributed by atoms with van der Waals surface area (Å²) in [5.74, 6) is -0.0425. The van der Waals surface area contributed by atoms with Crippen molar-refractivity contribution in [1.29, 1.82) is 0 Å². The summed E-state index contributed by atoms with van der Waals surface area (Å²) in [7, 11) is 0. The Labute approximate surface area is 175 Å². The molecule has 0 bridgehead atoms. The van der Waals surface area contributed by atoms with Crippen molar-refractivity contribution in [3.8, 4) is 0 Å². The van der Waals surface area contributed by atoms with Gasteiger partial charge in [0.05, 0.1) is 32.0 Å². The van der Waals surface area contributed by atoms with Crippen LogP contribution in [0.15, 0.2) is 0 Å². The molecule has 178 valence electrons. The maximum absolute atomic E-state index is 10.2. The van der Waals surface area contributed by atoms with Gasteiger partial charge in [0.2, 0.25) is 0 Å². The fourth-order valence-electron chi connectivity index (χ4n) is 3.70. The summed E-state index contributed by atoms with van der Waals surface area (Å²) in [6.07, 6.45) is -8.45. The van der Waals surface area contributed by atoms with E-state index in [4.69, 9.17) is 24.1 Å². The monoisotopic (exact) mass is 440 g/mol. The zero-order valence-corrected chi connectivity index (χ0v) is 17.6. The third-order valence-electron chi connectivity index (χ3n) is 5.91. The van der Waals surface area contributed by atoms with Crippen molar-refractivity contribution < 1.29 is 54.7 Å². The molecule has 9 atom stereocenters. The number of rotatable bonds is 10. The van der Waals surface area contributed by atoms with Crippen LogP contribution in [0.25, 0.3) is 0 Å². The number of hydrogen-bond acceptors (Lipinski definition) is 11. The second kappa shape index (κ2) is 10.5. The van der Waals surface area contributed by atoms with Gasteiger partial charge in [0.1, 0.15) is 36.1 Å². The minimum Gasteiger partial charge on any atom is -0.393 e. The van der Waals surface area contributed by atoms with Crippen molar-refractivity contribution >= 4 is 0 Å². The molecule has 2 rings (SSSR count). The lowest BCUT2D eigenvalue weighted by molar-refractivity contribution is -0.310. The van der Waals surface area contributed by atoms with Crippen LogP contribution in [0.3, 0.4) is 0 Å². The van der Waals surface area contributed by atoms with Crippen LogP contribution in [-0.4, -0.2) is 116 Å². The number of aliphatic hydroxyl groups is 7. The van der Waals surface area contributed by atoms with E-state index < -0.39 is 60.9 Å². The van der Waals surface area contributed by atoms with Gasteiger partial charge >= 0.3 is 0 Å². The normalized spacial score (nSPS) is 41.2. The Hall–Kier alpha value is -0.440. The minimum atomic E-state index is -1.85. The standard InChI is InChI=1S/C19H36O11/c1-4-10(18(2,3)25)5-6-27-16-14(23)13(22)12(21)11(30-16)7-28-17-15(24)19(26,8-20)9-29-17/h10-17,20-26H,4-9H2,1-3H3/t10?,11-,12-,13+,14-,15+,16-,17+,19-/m1/s1. The van der Waals surface area contributed by atoms with E-state index in [0.29, 0.717) is 6.42 Å². The van der Waals surface area contributed by atoms with Crippen molar-refractivity contribution in [1.82, 2.24) is 0 Å². The SMILES string of the molecule is CCC(CCO[C@@H]1O[C@H](CO[C@H]2OC[C@](O)(CO)[C@H]2O)[C@@H](O)[C@H](O)[C@H]1O)C(C)(C)O. The molecule has 0 aromatic heterocycles. The lowest BCUT2D eigenvalue weighted by atomic mass is 9.86. The summed E-state index contributed by atoms with van der Waals surface area (Å²) in [6, 6.07) is 0. The molecule has 11 nitrogen and oxygen atoms in total. The average Bonchev–Trinajstić information content (AvgIpc) is 2.98. The Bertz CT molecular complexity index is 527. The van der Waals surface area contributed by atoms with E-state index in [0.717, 1.165) is 6.42 Å². The molecule has 0 aromatic carbocycles. The quantitative estimate of drug-likeness (QED) is 0.190. The van der Waals surface area contributed by atoms with Crippen LogP contribution in [0, 0.1) is 5.92 Å². The van der Waals surface area contributed by atoms with Crippen molar-refractivity contribution in [3.05, 3.63) is 0 Å². The molecule has 2 aliphatic rings. The first-order valence-electron chi connectivity index (χ1n) is 10.2. The highest BCUT2D eigenvalue weighted by molar-refractivity contribution is 4.94. The summed E-state index contributed by atoms with van der Waals surface area (Å²) in [6.45, 7) is 4.11. The van der Waals surface area contributed by atoms with Gasteiger partial charge < -0.3 is 54.7 Å². The highest BCUT2D eigenvalue weighted by Gasteiger charge is 2.50. The van der Waals surface area contributed by atoms with Crippen LogP contribution in [0.1, 0.15) is 33.6 Å². The molecule has 0 spiro atoms. The van der Waals surface area contributed by atoms with Gasteiger partial charge in [0.25, 0.3) is 0 Å².